The van der Waals surface area contributed by atoms with Gasteiger partial charge < -0.3 is 14.8 Å². The fourth-order valence-corrected chi connectivity index (χ4v) is 3.82. The van der Waals surface area contributed by atoms with E-state index in [1.54, 1.807) is 12.1 Å². The van der Waals surface area contributed by atoms with Crippen LogP contribution in [0.25, 0.3) is 11.1 Å². The predicted octanol–water partition coefficient (Wildman–Crippen LogP) is 4.06. The second-order valence-corrected chi connectivity index (χ2v) is 7.70. The quantitative estimate of drug-likeness (QED) is 0.581. The van der Waals surface area contributed by atoms with Gasteiger partial charge in [0.1, 0.15) is 11.6 Å². The molecule has 1 aliphatic rings. The van der Waals surface area contributed by atoms with E-state index >= 15 is 0 Å². The van der Waals surface area contributed by atoms with E-state index in [0.717, 1.165) is 29.8 Å². The van der Waals surface area contributed by atoms with E-state index in [-0.39, 0.29) is 24.4 Å². The Hall–Kier alpha value is -3.22. The largest absolute Gasteiger partial charge is 0.484 e. The van der Waals surface area contributed by atoms with Gasteiger partial charge in [0.15, 0.2) is 6.61 Å². The number of carbonyl (C=O) groups excluding carboxylic acids is 1. The number of carbonyl (C=O) groups is 1. The third-order valence-electron chi connectivity index (χ3n) is 5.57. The van der Waals surface area contributed by atoms with Crippen molar-refractivity contribution in [1.82, 2.24) is 10.2 Å². The molecule has 0 spiro atoms. The molecule has 3 aromatic carbocycles. The zero-order valence-corrected chi connectivity index (χ0v) is 17.9. The minimum Gasteiger partial charge on any atom is -0.484 e. The second-order valence-electron chi connectivity index (χ2n) is 7.70. The van der Waals surface area contributed by atoms with E-state index in [4.69, 9.17) is 9.47 Å². The van der Waals surface area contributed by atoms with Crippen molar-refractivity contribution < 1.29 is 18.7 Å². The van der Waals surface area contributed by atoms with Crippen LogP contribution in [0, 0.1) is 5.82 Å². The summed E-state index contributed by atoms with van der Waals surface area (Å²) < 4.78 is 24.5. The van der Waals surface area contributed by atoms with E-state index in [9.17, 15) is 9.18 Å². The molecule has 1 fully saturated rings. The topological polar surface area (TPSA) is 50.8 Å². The van der Waals surface area contributed by atoms with Crippen molar-refractivity contribution in [2.45, 2.75) is 6.04 Å². The average Bonchev–Trinajstić information content (AvgIpc) is 2.85. The van der Waals surface area contributed by atoms with Gasteiger partial charge in [0, 0.05) is 19.6 Å². The van der Waals surface area contributed by atoms with Crippen molar-refractivity contribution in [3.8, 4) is 16.9 Å². The maximum Gasteiger partial charge on any atom is 0.258 e. The fraction of sp³-hybridized carbons (Fsp3) is 0.269. The summed E-state index contributed by atoms with van der Waals surface area (Å²) in [5.41, 5.74) is 3.19. The minimum absolute atomic E-state index is 0.0476. The first kappa shape index (κ1) is 22.0. The van der Waals surface area contributed by atoms with Crippen LogP contribution in [-0.4, -0.2) is 50.3 Å². The molecule has 6 heteroatoms. The van der Waals surface area contributed by atoms with Crippen molar-refractivity contribution in [2.24, 2.45) is 0 Å². The molecule has 5 nitrogen and oxygen atoms in total. The van der Waals surface area contributed by atoms with E-state index in [0.29, 0.717) is 25.5 Å². The lowest BCUT2D eigenvalue weighted by Gasteiger charge is -2.35. The van der Waals surface area contributed by atoms with Crippen LogP contribution >= 0.6 is 0 Å². The van der Waals surface area contributed by atoms with Gasteiger partial charge in [-0.25, -0.2) is 4.39 Å². The SMILES string of the molecule is O=C(COc1ccc(-c2ccccc2)cc1)NCC(c1ccc(F)cc1)N1CCOCC1. The molecule has 166 valence electrons. The van der Waals surface area contributed by atoms with Crippen molar-refractivity contribution in [3.05, 3.63) is 90.2 Å². The Morgan fingerprint density at radius 2 is 1.59 bits per heavy atom. The molecule has 0 bridgehead atoms. The van der Waals surface area contributed by atoms with Crippen LogP contribution in [0.4, 0.5) is 4.39 Å². The molecule has 0 radical (unpaired) electrons. The summed E-state index contributed by atoms with van der Waals surface area (Å²) in [6.07, 6.45) is 0. The predicted molar refractivity (Wildman–Crippen MR) is 122 cm³/mol. The standard InChI is InChI=1S/C26H27FN2O3/c27-23-10-6-22(7-11-23)25(29-14-16-31-17-15-29)18-28-26(30)19-32-24-12-8-21(9-13-24)20-4-2-1-3-5-20/h1-13,25H,14-19H2,(H,28,30). The summed E-state index contributed by atoms with van der Waals surface area (Å²) in [5.74, 6) is 0.172. The van der Waals surface area contributed by atoms with Crippen LogP contribution < -0.4 is 10.1 Å². The third-order valence-corrected chi connectivity index (χ3v) is 5.57. The van der Waals surface area contributed by atoms with Gasteiger partial charge in [-0.1, -0.05) is 54.6 Å². The molecule has 0 aromatic heterocycles. The first-order valence-corrected chi connectivity index (χ1v) is 10.8. The molecule has 1 heterocycles. The lowest BCUT2D eigenvalue weighted by atomic mass is 10.0. The average molecular weight is 435 g/mol. The third kappa shape index (κ3) is 5.93. The van der Waals surface area contributed by atoms with Gasteiger partial charge in [-0.05, 0) is 41.0 Å². The zero-order chi connectivity index (χ0) is 22.2. The Bertz CT molecular complexity index is 988. The monoisotopic (exact) mass is 434 g/mol. The molecule has 0 aliphatic carbocycles. The maximum atomic E-state index is 13.4. The van der Waals surface area contributed by atoms with Gasteiger partial charge in [0.2, 0.25) is 0 Å². The number of hydrogen-bond donors (Lipinski definition) is 1. The smallest absolute Gasteiger partial charge is 0.258 e. The summed E-state index contributed by atoms with van der Waals surface area (Å²) in [7, 11) is 0. The number of morpholine rings is 1. The number of hydrogen-bond acceptors (Lipinski definition) is 4. The molecule has 3 aromatic rings. The number of nitrogens with zero attached hydrogens (tertiary/aromatic N) is 1. The molecular weight excluding hydrogens is 407 g/mol. The van der Waals surface area contributed by atoms with Crippen LogP contribution in [0.1, 0.15) is 11.6 Å². The van der Waals surface area contributed by atoms with Gasteiger partial charge in [-0.2, -0.15) is 0 Å². The van der Waals surface area contributed by atoms with Gasteiger partial charge in [-0.3, -0.25) is 9.69 Å². The van der Waals surface area contributed by atoms with Crippen LogP contribution in [0.2, 0.25) is 0 Å². The van der Waals surface area contributed by atoms with Crippen molar-refractivity contribution in [1.29, 1.82) is 0 Å². The Labute approximate surface area is 187 Å². The van der Waals surface area contributed by atoms with Crippen molar-refractivity contribution in [3.63, 3.8) is 0 Å². The number of ether oxygens (including phenoxy) is 2. The molecule has 1 saturated heterocycles. The van der Waals surface area contributed by atoms with Crippen LogP contribution in [-0.2, 0) is 9.53 Å². The summed E-state index contributed by atoms with van der Waals surface area (Å²) in [6.45, 7) is 3.18. The molecule has 4 rings (SSSR count). The van der Waals surface area contributed by atoms with Gasteiger partial charge in [0.25, 0.3) is 5.91 Å². The lowest BCUT2D eigenvalue weighted by molar-refractivity contribution is -0.123. The highest BCUT2D eigenvalue weighted by Crippen LogP contribution is 2.23. The Morgan fingerprint density at radius 3 is 2.28 bits per heavy atom. The van der Waals surface area contributed by atoms with Crippen molar-refractivity contribution >= 4 is 5.91 Å². The van der Waals surface area contributed by atoms with E-state index < -0.39 is 0 Å². The number of halogens is 1. The van der Waals surface area contributed by atoms with Crippen LogP contribution in [0.3, 0.4) is 0 Å². The normalized spacial score (nSPS) is 15.2. The van der Waals surface area contributed by atoms with Gasteiger partial charge >= 0.3 is 0 Å². The molecule has 1 amide bonds. The maximum absolute atomic E-state index is 13.4. The fourth-order valence-electron chi connectivity index (χ4n) is 3.82. The molecule has 1 atom stereocenters. The molecule has 0 saturated carbocycles. The second kappa shape index (κ2) is 10.9. The summed E-state index contributed by atoms with van der Waals surface area (Å²) in [4.78, 5) is 14.7. The Balaban J connectivity index is 1.31. The number of rotatable bonds is 8. The Morgan fingerprint density at radius 1 is 0.938 bits per heavy atom. The van der Waals surface area contributed by atoms with Crippen LogP contribution in [0.5, 0.6) is 5.75 Å². The van der Waals surface area contributed by atoms with Crippen LogP contribution in [0.15, 0.2) is 78.9 Å². The molecule has 1 unspecified atom stereocenters. The Kier molecular flexibility index (Phi) is 7.48. The highest BCUT2D eigenvalue weighted by Gasteiger charge is 2.23. The zero-order valence-electron chi connectivity index (χ0n) is 17.9. The number of amides is 1. The molecule has 1 N–H and O–H groups in total. The number of benzene rings is 3. The lowest BCUT2D eigenvalue weighted by Crippen LogP contribution is -2.44. The minimum atomic E-state index is -0.273. The summed E-state index contributed by atoms with van der Waals surface area (Å²) >= 11 is 0. The highest BCUT2D eigenvalue weighted by atomic mass is 19.1. The summed E-state index contributed by atoms with van der Waals surface area (Å²) in [6, 6.07) is 24.2. The molecule has 32 heavy (non-hydrogen) atoms. The first-order valence-electron chi connectivity index (χ1n) is 10.8. The number of nitrogens with one attached hydrogen (secondary N) is 1. The van der Waals surface area contributed by atoms with Gasteiger partial charge in [-0.15, -0.1) is 0 Å². The van der Waals surface area contributed by atoms with E-state index in [1.807, 2.05) is 42.5 Å². The van der Waals surface area contributed by atoms with Gasteiger partial charge in [0.05, 0.1) is 19.3 Å². The van der Waals surface area contributed by atoms with E-state index in [1.165, 1.54) is 12.1 Å². The van der Waals surface area contributed by atoms with E-state index in [2.05, 4.69) is 22.3 Å². The first-order chi connectivity index (χ1) is 15.7. The molecule has 1 aliphatic heterocycles. The summed E-state index contributed by atoms with van der Waals surface area (Å²) in [5, 5.41) is 2.96. The highest BCUT2D eigenvalue weighted by molar-refractivity contribution is 5.77. The van der Waals surface area contributed by atoms with Crippen molar-refractivity contribution in [2.75, 3.05) is 39.5 Å². The molecular formula is C26H27FN2O3.